The third-order valence-corrected chi connectivity index (χ3v) is 30.6. The normalized spacial score (nSPS) is 12.7. The zero-order valence-corrected chi connectivity index (χ0v) is 74.9. The Bertz CT molecular complexity index is 9920. The topological polar surface area (TPSA) is 65.6 Å². The van der Waals surface area contributed by atoms with E-state index >= 15 is 0 Å². The second kappa shape index (κ2) is 28.6. The molecule has 3 aliphatic heterocycles. The van der Waals surface area contributed by atoms with Gasteiger partial charge in [0.25, 0.3) is 0 Å². The van der Waals surface area contributed by atoms with Crippen LogP contribution in [-0.2, 0) is 0 Å². The van der Waals surface area contributed by atoms with Crippen LogP contribution in [0.1, 0.15) is 0 Å². The fraction of sp³-hybridized carbons (Fsp3) is 0. The molecule has 0 aliphatic carbocycles. The van der Waals surface area contributed by atoms with Crippen LogP contribution in [0.3, 0.4) is 0 Å². The molecule has 0 atom stereocenters. The Morgan fingerprint density at radius 2 is 0.442 bits per heavy atom. The van der Waals surface area contributed by atoms with Crippen molar-refractivity contribution in [1.29, 1.82) is 0 Å². The van der Waals surface area contributed by atoms with Gasteiger partial charge in [0.2, 0.25) is 0 Å². The predicted octanol–water partition coefficient (Wildman–Crippen LogP) is 35.2. The molecule has 33 rings (SSSR count). The summed E-state index contributed by atoms with van der Waals surface area (Å²) in [5.74, 6) is 0. The summed E-state index contributed by atoms with van der Waals surface area (Å²) in [6, 6.07) is 165. The third kappa shape index (κ3) is 10.4. The average molecular weight is 1780 g/mol. The highest BCUT2D eigenvalue weighted by Crippen LogP contribution is 2.57. The molecule has 30 aromatic rings. The van der Waals surface area contributed by atoms with Crippen LogP contribution >= 0.6 is 11.3 Å². The number of furan rings is 2. The van der Waals surface area contributed by atoms with Crippen LogP contribution in [0.2, 0.25) is 0 Å². The molecule has 0 unspecified atom stereocenters. The quantitative estimate of drug-likeness (QED) is 0.166. The van der Waals surface area contributed by atoms with Crippen molar-refractivity contribution in [2.45, 2.75) is 0 Å². The predicted molar refractivity (Wildman–Crippen MR) is 578 cm³/mol. The minimum absolute atomic E-state index is 0.919. The number of benzene rings is 21. The molecule has 9 aromatic heterocycles. The van der Waals surface area contributed by atoms with Crippen molar-refractivity contribution in [1.82, 2.24) is 27.4 Å². The molecule has 642 valence electrons. The summed E-state index contributed by atoms with van der Waals surface area (Å²) in [6.45, 7) is 0. The molecular formula is C126H75N9O2S. The van der Waals surface area contributed by atoms with Gasteiger partial charge >= 0.3 is 0 Å². The van der Waals surface area contributed by atoms with Gasteiger partial charge in [-0.05, 0) is 218 Å². The van der Waals surface area contributed by atoms with Crippen molar-refractivity contribution in [3.05, 3.63) is 455 Å². The number of aromatic nitrogens is 6. The molecule has 0 bridgehead atoms. The summed E-state index contributed by atoms with van der Waals surface area (Å²) in [5.41, 5.74) is 35.6. The zero-order valence-electron chi connectivity index (χ0n) is 74.1. The fourth-order valence-electron chi connectivity index (χ4n) is 23.9. The largest absolute Gasteiger partial charge is 0.456 e. The van der Waals surface area contributed by atoms with E-state index in [2.05, 4.69) is 485 Å². The van der Waals surface area contributed by atoms with E-state index in [1.54, 1.807) is 0 Å². The van der Waals surface area contributed by atoms with Gasteiger partial charge < -0.3 is 50.9 Å². The summed E-state index contributed by atoms with van der Waals surface area (Å²) in [7, 11) is 0. The number of para-hydroxylation sites is 17. The van der Waals surface area contributed by atoms with Gasteiger partial charge in [-0.1, -0.05) is 237 Å². The summed E-state index contributed by atoms with van der Waals surface area (Å²) < 4.78 is 30.1. The Balaban J connectivity index is 0.0000000959. The van der Waals surface area contributed by atoms with E-state index in [0.29, 0.717) is 0 Å². The van der Waals surface area contributed by atoms with Crippen LogP contribution in [0.15, 0.2) is 464 Å². The number of rotatable bonds is 6. The average Bonchev–Trinajstić information content (AvgIpc) is 1.53. The zero-order chi connectivity index (χ0) is 89.8. The molecular weight excluding hydrogens is 1700 g/mol. The van der Waals surface area contributed by atoms with Gasteiger partial charge in [0, 0.05) is 135 Å². The second-order valence-corrected chi connectivity index (χ2v) is 37.5. The molecule has 138 heavy (non-hydrogen) atoms. The Morgan fingerprint density at radius 3 is 0.862 bits per heavy atom. The summed E-state index contributed by atoms with van der Waals surface area (Å²) in [6.07, 6.45) is 0. The first kappa shape index (κ1) is 75.2. The number of hydrogen-bond donors (Lipinski definition) is 0. The lowest BCUT2D eigenvalue weighted by Gasteiger charge is -2.33. The summed E-state index contributed by atoms with van der Waals surface area (Å²) >= 11 is 1.88. The van der Waals surface area contributed by atoms with Crippen molar-refractivity contribution < 1.29 is 8.83 Å². The van der Waals surface area contributed by atoms with Gasteiger partial charge in [-0.3, -0.25) is 0 Å². The van der Waals surface area contributed by atoms with Gasteiger partial charge in [0.1, 0.15) is 22.3 Å². The van der Waals surface area contributed by atoms with Crippen LogP contribution in [0, 0.1) is 0 Å². The van der Waals surface area contributed by atoms with Crippen LogP contribution in [-0.4, -0.2) is 27.4 Å². The number of fused-ring (bicyclic) bond motifs is 36. The van der Waals surface area contributed by atoms with Crippen molar-refractivity contribution in [3.8, 4) is 34.1 Å². The highest BCUT2D eigenvalue weighted by atomic mass is 32.1. The van der Waals surface area contributed by atoms with E-state index in [1.165, 1.54) is 168 Å². The Kier molecular flexibility index (Phi) is 15.6. The molecule has 0 saturated heterocycles. The number of hydrogen-bond acceptors (Lipinski definition) is 6. The first-order chi connectivity index (χ1) is 68.5. The number of thiophene rings is 1. The smallest absolute Gasteiger partial charge is 0.145 e. The monoisotopic (exact) mass is 1780 g/mol. The maximum Gasteiger partial charge on any atom is 0.145 e. The van der Waals surface area contributed by atoms with Crippen LogP contribution < -0.4 is 14.7 Å². The van der Waals surface area contributed by atoms with Crippen molar-refractivity contribution in [2.24, 2.45) is 0 Å². The lowest BCUT2D eigenvalue weighted by atomic mass is 10.0. The van der Waals surface area contributed by atoms with Crippen molar-refractivity contribution in [2.75, 3.05) is 14.7 Å². The Hall–Kier alpha value is -18.4. The molecule has 11 nitrogen and oxygen atoms in total. The molecule has 12 heterocycles. The fourth-order valence-corrected chi connectivity index (χ4v) is 25.0. The number of anilines is 9. The molecule has 21 aromatic carbocycles. The minimum Gasteiger partial charge on any atom is -0.456 e. The van der Waals surface area contributed by atoms with Gasteiger partial charge in [0.15, 0.2) is 0 Å². The molecule has 0 N–H and O–H groups in total. The van der Waals surface area contributed by atoms with Gasteiger partial charge in [-0.25, -0.2) is 0 Å². The third-order valence-electron chi connectivity index (χ3n) is 29.5. The summed E-state index contributed by atoms with van der Waals surface area (Å²) in [5, 5.41) is 22.4. The second-order valence-electron chi connectivity index (χ2n) is 36.5. The Morgan fingerprint density at radius 1 is 0.145 bits per heavy atom. The van der Waals surface area contributed by atoms with E-state index < -0.39 is 0 Å². The molecule has 0 amide bonds. The lowest BCUT2D eigenvalue weighted by Crippen LogP contribution is -2.18. The standard InChI is InChI=1S/2C42H25N3O.C42H25N3S/c1-4-14-33-28(10-1)29-11-2-5-15-34(29)43(33)26-20-22-27(23-21-26)44-35-16-6-7-17-36(35)45-37-25-24-31-30-12-3-8-19-39(30)46-42(31)40(37)32-13-9-18-38(44)41(32)45;2*1-4-14-32-28(10-1)29-11-2-5-15-33(29)43(32)26-20-22-27(23-21-26)44-34-16-6-7-17-35(34)45-36-24-25-39-41(30-12-3-8-19-38(30)46-39)40(36)31-13-9-18-37(44)42(31)45/h3*1-25H. The maximum absolute atomic E-state index is 6.57. The van der Waals surface area contributed by atoms with E-state index in [0.717, 1.165) is 112 Å². The van der Waals surface area contributed by atoms with E-state index in [9.17, 15) is 0 Å². The summed E-state index contributed by atoms with van der Waals surface area (Å²) in [4.78, 5) is 7.26. The molecule has 0 radical (unpaired) electrons. The first-order valence-corrected chi connectivity index (χ1v) is 47.9. The molecule has 3 aliphatic rings. The first-order valence-electron chi connectivity index (χ1n) is 47.1. The van der Waals surface area contributed by atoms with Crippen molar-refractivity contribution >= 4 is 257 Å². The lowest BCUT2D eigenvalue weighted by molar-refractivity contribution is 0.669. The molecule has 0 fully saturated rings. The van der Waals surface area contributed by atoms with Gasteiger partial charge in [0.05, 0.1) is 123 Å². The van der Waals surface area contributed by atoms with Crippen LogP contribution in [0.4, 0.5) is 51.2 Å². The molecule has 0 saturated carbocycles. The van der Waals surface area contributed by atoms with Gasteiger partial charge in [-0.15, -0.1) is 11.3 Å². The molecule has 12 heteroatoms. The van der Waals surface area contributed by atoms with Crippen LogP contribution in [0.25, 0.3) is 229 Å². The maximum atomic E-state index is 6.57. The van der Waals surface area contributed by atoms with Crippen molar-refractivity contribution in [3.63, 3.8) is 0 Å². The highest BCUT2D eigenvalue weighted by molar-refractivity contribution is 7.26. The van der Waals surface area contributed by atoms with Gasteiger partial charge in [-0.2, -0.15) is 0 Å². The van der Waals surface area contributed by atoms with E-state index in [1.807, 2.05) is 23.5 Å². The minimum atomic E-state index is 0.919. The molecule has 0 spiro atoms. The van der Waals surface area contributed by atoms with E-state index in [4.69, 9.17) is 8.83 Å². The van der Waals surface area contributed by atoms with Crippen LogP contribution in [0.5, 0.6) is 0 Å². The Labute approximate surface area is 791 Å². The number of nitrogens with zero attached hydrogens (tertiary/aromatic N) is 9. The van der Waals surface area contributed by atoms with E-state index in [-0.39, 0.29) is 0 Å². The highest BCUT2D eigenvalue weighted by Gasteiger charge is 2.35. The SMILES string of the molecule is c1ccc2c(c1)N(c1ccc(-n3c4ccccc4c4ccccc43)cc1)c1cccc3c4c5c(ccc4n-2c13)oc1ccccc15.c1ccc2c(c1)N(c1ccc(-n3c4ccccc4c4ccccc43)cc1)c1cccc3c4c5c(ccc4n-2c13)sc1ccccc15.c1ccc2c(c1)N(c1ccc(-n3c4ccccc4c4ccccc43)cc1)c1cccc3c4c5oc6ccccc6c5ccc4n-2c13.